The molecule has 110 valence electrons. The van der Waals surface area contributed by atoms with E-state index in [1.165, 1.54) is 12.1 Å². The number of carbonyl (C=O) groups excluding carboxylic acids is 1. The van der Waals surface area contributed by atoms with E-state index in [2.05, 4.69) is 10.3 Å². The summed E-state index contributed by atoms with van der Waals surface area (Å²) in [5.41, 5.74) is 8.14. The molecule has 0 aliphatic heterocycles. The number of nitrogens with one attached hydrogen (secondary N) is 1. The first-order chi connectivity index (χ1) is 10.6. The van der Waals surface area contributed by atoms with Crippen molar-refractivity contribution >= 4 is 22.5 Å². The Morgan fingerprint density at radius 1 is 1.14 bits per heavy atom. The van der Waals surface area contributed by atoms with Crippen LogP contribution in [0.5, 0.6) is 0 Å². The number of anilines is 1. The van der Waals surface area contributed by atoms with Crippen LogP contribution in [0.3, 0.4) is 0 Å². The van der Waals surface area contributed by atoms with Crippen LogP contribution in [0, 0.1) is 5.82 Å². The third-order valence-corrected chi connectivity index (χ3v) is 3.43. The molecule has 0 bridgehead atoms. The van der Waals surface area contributed by atoms with Gasteiger partial charge in [-0.25, -0.2) is 4.39 Å². The fourth-order valence-electron chi connectivity index (χ4n) is 2.33. The Morgan fingerprint density at radius 2 is 1.91 bits per heavy atom. The van der Waals surface area contributed by atoms with E-state index in [0.717, 1.165) is 16.6 Å². The Morgan fingerprint density at radius 3 is 2.64 bits per heavy atom. The standard InChI is InChI=1S/C17H14FN3O/c18-12-5-3-11(4-6-12)10-21-15-8-7-14(17(19)22)16-13(15)2-1-9-20-16/h1-9,21H,10H2,(H2,19,22). The summed E-state index contributed by atoms with van der Waals surface area (Å²) in [6, 6.07) is 13.4. The molecule has 0 atom stereocenters. The number of halogens is 1. The third-order valence-electron chi connectivity index (χ3n) is 3.43. The number of amides is 1. The minimum absolute atomic E-state index is 0.260. The maximum absolute atomic E-state index is 12.9. The topological polar surface area (TPSA) is 68.0 Å². The SMILES string of the molecule is NC(=O)c1ccc(NCc2ccc(F)cc2)c2cccnc12. The highest BCUT2D eigenvalue weighted by Gasteiger charge is 2.10. The number of nitrogens with zero attached hydrogens (tertiary/aromatic N) is 1. The van der Waals surface area contributed by atoms with Gasteiger partial charge >= 0.3 is 0 Å². The quantitative estimate of drug-likeness (QED) is 0.777. The number of aromatic nitrogens is 1. The number of benzene rings is 2. The fourth-order valence-corrected chi connectivity index (χ4v) is 2.33. The van der Waals surface area contributed by atoms with E-state index in [-0.39, 0.29) is 5.82 Å². The van der Waals surface area contributed by atoms with Crippen molar-refractivity contribution in [1.29, 1.82) is 0 Å². The van der Waals surface area contributed by atoms with Crippen LogP contribution in [-0.4, -0.2) is 10.9 Å². The number of hydrogen-bond acceptors (Lipinski definition) is 3. The average molecular weight is 295 g/mol. The molecule has 3 N–H and O–H groups in total. The zero-order valence-corrected chi connectivity index (χ0v) is 11.7. The molecule has 1 aromatic heterocycles. The van der Waals surface area contributed by atoms with Gasteiger partial charge in [0.05, 0.1) is 11.1 Å². The van der Waals surface area contributed by atoms with Crippen molar-refractivity contribution in [2.24, 2.45) is 5.73 Å². The smallest absolute Gasteiger partial charge is 0.250 e. The van der Waals surface area contributed by atoms with Gasteiger partial charge in [0.15, 0.2) is 0 Å². The van der Waals surface area contributed by atoms with E-state index in [1.807, 2.05) is 6.07 Å². The van der Waals surface area contributed by atoms with E-state index in [4.69, 9.17) is 5.73 Å². The van der Waals surface area contributed by atoms with Crippen molar-refractivity contribution in [3.8, 4) is 0 Å². The first-order valence-corrected chi connectivity index (χ1v) is 6.81. The molecule has 0 radical (unpaired) electrons. The first-order valence-electron chi connectivity index (χ1n) is 6.81. The maximum Gasteiger partial charge on any atom is 0.250 e. The molecule has 2 aromatic carbocycles. The number of fused-ring (bicyclic) bond motifs is 1. The number of rotatable bonds is 4. The van der Waals surface area contributed by atoms with Crippen LogP contribution < -0.4 is 11.1 Å². The van der Waals surface area contributed by atoms with Crippen molar-refractivity contribution in [3.05, 3.63) is 71.7 Å². The molecule has 4 nitrogen and oxygen atoms in total. The predicted molar refractivity (Wildman–Crippen MR) is 84.0 cm³/mol. The van der Waals surface area contributed by atoms with Gasteiger partial charge < -0.3 is 11.1 Å². The molecule has 3 aromatic rings. The predicted octanol–water partition coefficient (Wildman–Crippen LogP) is 3.08. The molecule has 0 unspecified atom stereocenters. The van der Waals surface area contributed by atoms with Crippen LogP contribution in [0.1, 0.15) is 15.9 Å². The summed E-state index contributed by atoms with van der Waals surface area (Å²) in [4.78, 5) is 15.7. The van der Waals surface area contributed by atoms with E-state index in [1.54, 1.807) is 36.5 Å². The molecule has 0 aliphatic carbocycles. The van der Waals surface area contributed by atoms with Crippen LogP contribution in [0.25, 0.3) is 10.9 Å². The molecule has 3 rings (SSSR count). The lowest BCUT2D eigenvalue weighted by Crippen LogP contribution is -2.12. The van der Waals surface area contributed by atoms with Crippen molar-refractivity contribution < 1.29 is 9.18 Å². The second kappa shape index (κ2) is 5.81. The van der Waals surface area contributed by atoms with Crippen molar-refractivity contribution in [1.82, 2.24) is 4.98 Å². The van der Waals surface area contributed by atoms with E-state index in [9.17, 15) is 9.18 Å². The second-order valence-electron chi connectivity index (χ2n) is 4.90. The highest BCUT2D eigenvalue weighted by molar-refractivity contribution is 6.07. The van der Waals surface area contributed by atoms with Crippen molar-refractivity contribution in [2.45, 2.75) is 6.54 Å². The molecule has 0 spiro atoms. The highest BCUT2D eigenvalue weighted by Crippen LogP contribution is 2.25. The van der Waals surface area contributed by atoms with Crippen molar-refractivity contribution in [3.63, 3.8) is 0 Å². The number of primary amides is 1. The van der Waals surface area contributed by atoms with Crippen LogP contribution >= 0.6 is 0 Å². The number of hydrogen-bond donors (Lipinski definition) is 2. The summed E-state index contributed by atoms with van der Waals surface area (Å²) in [5.74, 6) is -0.766. The van der Waals surface area contributed by atoms with E-state index >= 15 is 0 Å². The Labute approximate surface area is 126 Å². The second-order valence-corrected chi connectivity index (χ2v) is 4.90. The Kier molecular flexibility index (Phi) is 3.70. The van der Waals surface area contributed by atoms with Crippen LogP contribution in [0.4, 0.5) is 10.1 Å². The summed E-state index contributed by atoms with van der Waals surface area (Å²) >= 11 is 0. The molecule has 0 fully saturated rings. The number of carbonyl (C=O) groups is 1. The summed E-state index contributed by atoms with van der Waals surface area (Å²) in [7, 11) is 0. The zero-order chi connectivity index (χ0) is 15.5. The lowest BCUT2D eigenvalue weighted by Gasteiger charge is -2.11. The van der Waals surface area contributed by atoms with Gasteiger partial charge in [-0.1, -0.05) is 12.1 Å². The van der Waals surface area contributed by atoms with Gasteiger partial charge in [-0.2, -0.15) is 0 Å². The van der Waals surface area contributed by atoms with Gasteiger partial charge in [0.25, 0.3) is 5.91 Å². The fraction of sp³-hybridized carbons (Fsp3) is 0.0588. The maximum atomic E-state index is 12.9. The molecule has 0 saturated carbocycles. The average Bonchev–Trinajstić information content (AvgIpc) is 2.53. The van der Waals surface area contributed by atoms with Gasteiger partial charge in [0.1, 0.15) is 5.82 Å². The minimum Gasteiger partial charge on any atom is -0.380 e. The first kappa shape index (κ1) is 14.0. The molecule has 0 saturated heterocycles. The lowest BCUT2D eigenvalue weighted by atomic mass is 10.1. The zero-order valence-electron chi connectivity index (χ0n) is 11.7. The summed E-state index contributed by atoms with van der Waals surface area (Å²) in [6.45, 7) is 0.542. The molecular weight excluding hydrogens is 281 g/mol. The third kappa shape index (κ3) is 2.74. The number of pyridine rings is 1. The monoisotopic (exact) mass is 295 g/mol. The normalized spacial score (nSPS) is 10.6. The Bertz CT molecular complexity index is 831. The van der Waals surface area contributed by atoms with Gasteiger partial charge in [0, 0.05) is 23.8 Å². The lowest BCUT2D eigenvalue weighted by molar-refractivity contribution is 0.100. The Hall–Kier alpha value is -2.95. The van der Waals surface area contributed by atoms with Gasteiger partial charge in [0.2, 0.25) is 0 Å². The summed E-state index contributed by atoms with van der Waals surface area (Å²) < 4.78 is 12.9. The van der Waals surface area contributed by atoms with Gasteiger partial charge in [-0.15, -0.1) is 0 Å². The van der Waals surface area contributed by atoms with E-state index < -0.39 is 5.91 Å². The molecule has 1 heterocycles. The van der Waals surface area contributed by atoms with E-state index in [0.29, 0.717) is 17.6 Å². The van der Waals surface area contributed by atoms with Crippen LogP contribution in [-0.2, 0) is 6.54 Å². The van der Waals surface area contributed by atoms with Crippen molar-refractivity contribution in [2.75, 3.05) is 5.32 Å². The molecule has 5 heteroatoms. The Balaban J connectivity index is 1.93. The largest absolute Gasteiger partial charge is 0.380 e. The number of nitrogens with two attached hydrogens (primary N) is 1. The van der Waals surface area contributed by atoms with Crippen LogP contribution in [0.2, 0.25) is 0 Å². The summed E-state index contributed by atoms with van der Waals surface area (Å²) in [5, 5.41) is 4.10. The molecule has 1 amide bonds. The van der Waals surface area contributed by atoms with Crippen LogP contribution in [0.15, 0.2) is 54.7 Å². The molecule has 22 heavy (non-hydrogen) atoms. The summed E-state index contributed by atoms with van der Waals surface area (Å²) in [6.07, 6.45) is 1.62. The molecule has 0 aliphatic rings. The molecular formula is C17H14FN3O. The van der Waals surface area contributed by atoms with Gasteiger partial charge in [-0.05, 0) is 42.0 Å². The minimum atomic E-state index is -0.506. The van der Waals surface area contributed by atoms with Gasteiger partial charge in [-0.3, -0.25) is 9.78 Å². The highest BCUT2D eigenvalue weighted by atomic mass is 19.1.